The summed E-state index contributed by atoms with van der Waals surface area (Å²) in [6.45, 7) is 1.20. The second-order valence-corrected chi connectivity index (χ2v) is 7.09. The second-order valence-electron chi connectivity index (χ2n) is 7.09. The minimum atomic E-state index is -0.298. The Labute approximate surface area is 149 Å². The van der Waals surface area contributed by atoms with Crippen LogP contribution in [0.1, 0.15) is 50.5 Å². The molecule has 1 aromatic rings. The maximum atomic E-state index is 12.8. The van der Waals surface area contributed by atoms with Crippen LogP contribution < -0.4 is 10.1 Å². The number of methoxy groups -OCH3 is 1. The maximum absolute atomic E-state index is 12.8. The number of ether oxygens (including phenoxy) is 1. The molecule has 2 aliphatic rings. The van der Waals surface area contributed by atoms with E-state index in [1.807, 2.05) is 29.2 Å². The van der Waals surface area contributed by atoms with Gasteiger partial charge in [-0.2, -0.15) is 0 Å². The van der Waals surface area contributed by atoms with Crippen molar-refractivity contribution in [3.63, 3.8) is 0 Å². The van der Waals surface area contributed by atoms with E-state index in [1.54, 1.807) is 7.11 Å². The van der Waals surface area contributed by atoms with Crippen LogP contribution in [0, 0.1) is 5.92 Å². The molecule has 5 heteroatoms. The maximum Gasteiger partial charge on any atom is 0.243 e. The number of rotatable bonds is 5. The van der Waals surface area contributed by atoms with Gasteiger partial charge in [0.15, 0.2) is 0 Å². The third-order valence-corrected chi connectivity index (χ3v) is 5.42. The summed E-state index contributed by atoms with van der Waals surface area (Å²) in [6, 6.07) is 7.36. The third kappa shape index (κ3) is 4.33. The van der Waals surface area contributed by atoms with Crippen molar-refractivity contribution in [2.75, 3.05) is 13.7 Å². The molecule has 1 saturated heterocycles. The average Bonchev–Trinajstić information content (AvgIpc) is 3.16. The van der Waals surface area contributed by atoms with E-state index in [0.29, 0.717) is 6.54 Å². The highest BCUT2D eigenvalue weighted by Gasteiger charge is 2.37. The van der Waals surface area contributed by atoms with Crippen molar-refractivity contribution in [2.24, 2.45) is 5.92 Å². The van der Waals surface area contributed by atoms with E-state index in [0.717, 1.165) is 56.4 Å². The Bertz CT molecular complexity index is 593. The molecule has 0 aromatic heterocycles. The Morgan fingerprint density at radius 1 is 1.08 bits per heavy atom. The van der Waals surface area contributed by atoms with Crippen LogP contribution in [-0.2, 0) is 16.1 Å². The average molecular weight is 344 g/mol. The number of nitrogens with zero attached hydrogens (tertiary/aromatic N) is 1. The van der Waals surface area contributed by atoms with Crippen LogP contribution in [0.15, 0.2) is 24.3 Å². The van der Waals surface area contributed by atoms with Crippen molar-refractivity contribution in [1.82, 2.24) is 10.2 Å². The molecular formula is C20H28N2O3. The number of carbonyl (C=O) groups is 2. The van der Waals surface area contributed by atoms with Crippen LogP contribution in [0.5, 0.6) is 5.75 Å². The molecule has 2 amide bonds. The molecule has 1 aromatic carbocycles. The molecule has 1 heterocycles. The lowest BCUT2D eigenvalue weighted by atomic mass is 9.88. The zero-order valence-corrected chi connectivity index (χ0v) is 15.0. The molecule has 5 nitrogen and oxygen atoms in total. The van der Waals surface area contributed by atoms with Crippen molar-refractivity contribution >= 4 is 11.8 Å². The summed E-state index contributed by atoms with van der Waals surface area (Å²) in [5.74, 6) is 1.10. The Morgan fingerprint density at radius 3 is 2.48 bits per heavy atom. The van der Waals surface area contributed by atoms with E-state index in [-0.39, 0.29) is 23.8 Å². The van der Waals surface area contributed by atoms with Crippen LogP contribution >= 0.6 is 0 Å². The molecule has 0 bridgehead atoms. The van der Waals surface area contributed by atoms with E-state index in [9.17, 15) is 9.59 Å². The molecule has 0 radical (unpaired) electrons. The van der Waals surface area contributed by atoms with Crippen molar-refractivity contribution in [3.8, 4) is 5.75 Å². The molecule has 2 fully saturated rings. The molecule has 1 aliphatic heterocycles. The summed E-state index contributed by atoms with van der Waals surface area (Å²) in [6.07, 6.45) is 7.16. The van der Waals surface area contributed by atoms with Gasteiger partial charge in [0, 0.05) is 19.0 Å². The van der Waals surface area contributed by atoms with E-state index in [1.165, 1.54) is 6.42 Å². The van der Waals surface area contributed by atoms with Gasteiger partial charge in [-0.15, -0.1) is 0 Å². The highest BCUT2D eigenvalue weighted by atomic mass is 16.5. The number of carbonyl (C=O) groups excluding carboxylic acids is 2. The largest absolute Gasteiger partial charge is 0.497 e. The summed E-state index contributed by atoms with van der Waals surface area (Å²) in [7, 11) is 1.63. The highest BCUT2D eigenvalue weighted by Crippen LogP contribution is 2.28. The molecule has 3 rings (SSSR count). The van der Waals surface area contributed by atoms with Gasteiger partial charge in [0.2, 0.25) is 11.8 Å². The van der Waals surface area contributed by atoms with Crippen molar-refractivity contribution in [1.29, 1.82) is 0 Å². The first-order valence-corrected chi connectivity index (χ1v) is 9.40. The summed E-state index contributed by atoms with van der Waals surface area (Å²) >= 11 is 0. The van der Waals surface area contributed by atoms with Gasteiger partial charge < -0.3 is 15.0 Å². The fourth-order valence-electron chi connectivity index (χ4n) is 3.94. The lowest BCUT2D eigenvalue weighted by molar-refractivity contribution is -0.142. The van der Waals surface area contributed by atoms with E-state index in [4.69, 9.17) is 4.74 Å². The van der Waals surface area contributed by atoms with Crippen LogP contribution in [0.2, 0.25) is 0 Å². The first kappa shape index (κ1) is 17.8. The number of hydrogen-bond donors (Lipinski definition) is 1. The normalized spacial score (nSPS) is 21.2. The van der Waals surface area contributed by atoms with Crippen LogP contribution in [0.4, 0.5) is 0 Å². The Morgan fingerprint density at radius 2 is 1.80 bits per heavy atom. The van der Waals surface area contributed by atoms with Gasteiger partial charge in [0.1, 0.15) is 11.8 Å². The van der Waals surface area contributed by atoms with E-state index < -0.39 is 0 Å². The lowest BCUT2D eigenvalue weighted by Crippen LogP contribution is -2.47. The monoisotopic (exact) mass is 344 g/mol. The van der Waals surface area contributed by atoms with Gasteiger partial charge in [-0.05, 0) is 43.4 Å². The number of likely N-dealkylation sites (tertiary alicyclic amines) is 1. The predicted molar refractivity (Wildman–Crippen MR) is 96.2 cm³/mol. The van der Waals surface area contributed by atoms with E-state index >= 15 is 0 Å². The van der Waals surface area contributed by atoms with Crippen LogP contribution in [0.3, 0.4) is 0 Å². The first-order chi connectivity index (χ1) is 12.2. The van der Waals surface area contributed by atoms with Crippen molar-refractivity contribution in [2.45, 2.75) is 57.5 Å². The summed E-state index contributed by atoms with van der Waals surface area (Å²) in [5, 5.41) is 2.99. The zero-order valence-electron chi connectivity index (χ0n) is 15.0. The fraction of sp³-hybridized carbons (Fsp3) is 0.600. The van der Waals surface area contributed by atoms with Gasteiger partial charge in [0.05, 0.1) is 7.11 Å². The fourth-order valence-corrected chi connectivity index (χ4v) is 3.94. The quantitative estimate of drug-likeness (QED) is 0.893. The summed E-state index contributed by atoms with van der Waals surface area (Å²) in [4.78, 5) is 27.2. The standard InChI is InChI=1S/C20H28N2O3/c1-25-17-11-9-15(10-12-17)14-21-19(23)18-8-5-13-22(18)20(24)16-6-3-2-4-7-16/h9-12,16,18H,2-8,13-14H2,1H3,(H,21,23)/t18-/m0/s1. The highest BCUT2D eigenvalue weighted by molar-refractivity contribution is 5.89. The Hall–Kier alpha value is -2.04. The predicted octanol–water partition coefficient (Wildman–Crippen LogP) is 2.88. The Balaban J connectivity index is 1.55. The minimum Gasteiger partial charge on any atom is -0.497 e. The third-order valence-electron chi connectivity index (χ3n) is 5.42. The number of hydrogen-bond acceptors (Lipinski definition) is 3. The summed E-state index contributed by atoms with van der Waals surface area (Å²) < 4.78 is 5.14. The molecule has 1 N–H and O–H groups in total. The molecule has 1 aliphatic carbocycles. The molecule has 25 heavy (non-hydrogen) atoms. The van der Waals surface area contributed by atoms with Gasteiger partial charge >= 0.3 is 0 Å². The van der Waals surface area contributed by atoms with Gasteiger partial charge in [-0.1, -0.05) is 31.4 Å². The van der Waals surface area contributed by atoms with Gasteiger partial charge in [-0.25, -0.2) is 0 Å². The second kappa shape index (κ2) is 8.37. The summed E-state index contributed by atoms with van der Waals surface area (Å²) in [5.41, 5.74) is 1.03. The topological polar surface area (TPSA) is 58.6 Å². The number of nitrogens with one attached hydrogen (secondary N) is 1. The molecular weight excluding hydrogens is 316 g/mol. The molecule has 1 saturated carbocycles. The first-order valence-electron chi connectivity index (χ1n) is 9.40. The molecule has 0 spiro atoms. The smallest absolute Gasteiger partial charge is 0.243 e. The van der Waals surface area contributed by atoms with Crippen LogP contribution in [-0.4, -0.2) is 36.4 Å². The molecule has 136 valence electrons. The van der Waals surface area contributed by atoms with Gasteiger partial charge in [-0.3, -0.25) is 9.59 Å². The molecule has 0 unspecified atom stereocenters. The zero-order chi connectivity index (χ0) is 17.6. The van der Waals surface area contributed by atoms with Crippen molar-refractivity contribution in [3.05, 3.63) is 29.8 Å². The Kier molecular flexibility index (Phi) is 5.95. The van der Waals surface area contributed by atoms with Crippen LogP contribution in [0.25, 0.3) is 0 Å². The molecule has 1 atom stereocenters. The lowest BCUT2D eigenvalue weighted by Gasteiger charge is -2.30. The number of amides is 2. The minimum absolute atomic E-state index is 0.0301. The van der Waals surface area contributed by atoms with Gasteiger partial charge in [0.25, 0.3) is 0 Å². The number of benzene rings is 1. The SMILES string of the molecule is COc1ccc(CNC(=O)[C@@H]2CCCN2C(=O)C2CCCCC2)cc1. The van der Waals surface area contributed by atoms with E-state index in [2.05, 4.69) is 5.32 Å². The van der Waals surface area contributed by atoms with Crippen molar-refractivity contribution < 1.29 is 14.3 Å².